The van der Waals surface area contributed by atoms with Gasteiger partial charge in [-0.2, -0.15) is 0 Å². The number of rotatable bonds is 5. The van der Waals surface area contributed by atoms with E-state index >= 15 is 0 Å². The van der Waals surface area contributed by atoms with Gasteiger partial charge in [0.15, 0.2) is 11.5 Å². The number of ether oxygens (including phenoxy) is 2. The van der Waals surface area contributed by atoms with Crippen LogP contribution < -0.4 is 10.5 Å². The van der Waals surface area contributed by atoms with Crippen LogP contribution in [-0.2, 0) is 11.3 Å². The van der Waals surface area contributed by atoms with E-state index in [2.05, 4.69) is 4.98 Å². The van der Waals surface area contributed by atoms with Gasteiger partial charge in [0.25, 0.3) is 0 Å². The Hall–Kier alpha value is -2.50. The Morgan fingerprint density at radius 1 is 1.40 bits per heavy atom. The highest BCUT2D eigenvalue weighted by Crippen LogP contribution is 2.16. The molecular weight excluding hydrogens is 260 g/mol. The number of nitrogen functional groups attached to an aromatic ring is 1. The average Bonchev–Trinajstić information content (AvgIpc) is 2.81. The summed E-state index contributed by atoms with van der Waals surface area (Å²) < 4.78 is 11.8. The predicted octanol–water partition coefficient (Wildman–Crippen LogP) is 1.70. The lowest BCUT2D eigenvalue weighted by Gasteiger charge is -2.09. The minimum absolute atomic E-state index is 0.178. The Labute approximate surface area is 117 Å². The Kier molecular flexibility index (Phi) is 4.24. The summed E-state index contributed by atoms with van der Waals surface area (Å²) in [5, 5.41) is 0. The topological polar surface area (TPSA) is 79.4 Å². The molecule has 20 heavy (non-hydrogen) atoms. The van der Waals surface area contributed by atoms with E-state index in [1.807, 2.05) is 24.3 Å². The number of aromatic nitrogens is 2. The number of hydrogen-bond donors (Lipinski definition) is 1. The van der Waals surface area contributed by atoms with Crippen molar-refractivity contribution in [2.24, 2.45) is 0 Å². The lowest BCUT2D eigenvalue weighted by molar-refractivity contribution is 0.0515. The van der Waals surface area contributed by atoms with Crippen LogP contribution in [0.1, 0.15) is 23.0 Å². The SMILES string of the molecule is CCOC(=O)c1[14c](N)ncn1Cc1ccc(OC)cc1. The third-order valence-corrected chi connectivity index (χ3v) is 2.85. The van der Waals surface area contributed by atoms with Crippen molar-refractivity contribution in [3.8, 4) is 5.75 Å². The van der Waals surface area contributed by atoms with Crippen LogP contribution in [0.25, 0.3) is 0 Å². The van der Waals surface area contributed by atoms with E-state index in [9.17, 15) is 4.79 Å². The molecule has 0 aliphatic carbocycles. The number of anilines is 1. The fourth-order valence-electron chi connectivity index (χ4n) is 1.87. The van der Waals surface area contributed by atoms with Gasteiger partial charge in [0.2, 0.25) is 0 Å². The van der Waals surface area contributed by atoms with Crippen LogP contribution in [0.4, 0.5) is 5.82 Å². The Balaban J connectivity index is 2.22. The zero-order valence-corrected chi connectivity index (χ0v) is 11.5. The molecule has 2 rings (SSSR count). The second-order valence-electron chi connectivity index (χ2n) is 4.17. The number of carbonyl (C=O) groups excluding carboxylic acids is 1. The normalized spacial score (nSPS) is 10.3. The largest absolute Gasteiger partial charge is 0.497 e. The monoisotopic (exact) mass is 277 g/mol. The first kappa shape index (κ1) is 13.9. The van der Waals surface area contributed by atoms with E-state index in [0.29, 0.717) is 13.2 Å². The molecule has 0 amide bonds. The molecule has 0 spiro atoms. The average molecular weight is 277 g/mol. The molecule has 1 aromatic heterocycles. The van der Waals surface area contributed by atoms with Gasteiger partial charge in [-0.05, 0) is 24.6 Å². The number of imidazole rings is 1. The summed E-state index contributed by atoms with van der Waals surface area (Å²) in [6.07, 6.45) is 1.53. The van der Waals surface area contributed by atoms with Crippen LogP contribution in [0.15, 0.2) is 30.6 Å². The number of hydrogen-bond acceptors (Lipinski definition) is 5. The summed E-state index contributed by atoms with van der Waals surface area (Å²) in [6.45, 7) is 2.53. The molecule has 0 saturated heterocycles. The smallest absolute Gasteiger partial charge is 0.358 e. The Morgan fingerprint density at radius 3 is 2.70 bits per heavy atom. The molecular formula is C14H17N3O3. The van der Waals surface area contributed by atoms with Crippen LogP contribution in [0, 0.1) is 0 Å². The number of nitrogens with two attached hydrogens (primary N) is 1. The third-order valence-electron chi connectivity index (χ3n) is 2.85. The predicted molar refractivity (Wildman–Crippen MR) is 74.7 cm³/mol. The number of nitrogens with zero attached hydrogens (tertiary/aromatic N) is 2. The van der Waals surface area contributed by atoms with Gasteiger partial charge < -0.3 is 19.8 Å². The highest BCUT2D eigenvalue weighted by Gasteiger charge is 2.18. The number of methoxy groups -OCH3 is 1. The van der Waals surface area contributed by atoms with Crippen molar-refractivity contribution in [1.82, 2.24) is 9.55 Å². The summed E-state index contributed by atoms with van der Waals surface area (Å²) in [5.74, 6) is 0.498. The lowest BCUT2D eigenvalue weighted by Crippen LogP contribution is -2.14. The molecule has 106 valence electrons. The standard InChI is InChI=1S/C14H17N3O3/c1-3-20-14(18)12-13(15)16-9-17(12)8-10-4-6-11(19-2)7-5-10/h4-7,9H,3,8,15H2,1-2H3/i13+2. The molecule has 0 aliphatic rings. The van der Waals surface area contributed by atoms with Crippen molar-refractivity contribution in [3.05, 3.63) is 41.9 Å². The van der Waals surface area contributed by atoms with Gasteiger partial charge >= 0.3 is 5.97 Å². The van der Waals surface area contributed by atoms with Gasteiger partial charge in [0.1, 0.15) is 5.75 Å². The minimum Gasteiger partial charge on any atom is -0.497 e. The number of carbonyl (C=O) groups is 1. The van der Waals surface area contributed by atoms with Crippen LogP contribution >= 0.6 is 0 Å². The summed E-state index contributed by atoms with van der Waals surface area (Å²) >= 11 is 0. The number of esters is 1. The summed E-state index contributed by atoms with van der Waals surface area (Å²) in [5.41, 5.74) is 7.01. The first-order chi connectivity index (χ1) is 9.65. The van der Waals surface area contributed by atoms with E-state index < -0.39 is 5.97 Å². The molecule has 6 nitrogen and oxygen atoms in total. The van der Waals surface area contributed by atoms with Crippen LogP contribution in [-0.4, -0.2) is 29.2 Å². The fourth-order valence-corrected chi connectivity index (χ4v) is 1.87. The van der Waals surface area contributed by atoms with Gasteiger partial charge in [0, 0.05) is 6.54 Å². The van der Waals surface area contributed by atoms with Crippen molar-refractivity contribution >= 4 is 11.8 Å². The van der Waals surface area contributed by atoms with Crippen LogP contribution in [0.5, 0.6) is 5.75 Å². The molecule has 0 fully saturated rings. The zero-order chi connectivity index (χ0) is 14.5. The van der Waals surface area contributed by atoms with Gasteiger partial charge in [-0.3, -0.25) is 0 Å². The van der Waals surface area contributed by atoms with Crippen molar-refractivity contribution in [2.45, 2.75) is 13.5 Å². The molecule has 2 N–H and O–H groups in total. The second kappa shape index (κ2) is 6.10. The highest BCUT2D eigenvalue weighted by molar-refractivity contribution is 5.92. The maximum absolute atomic E-state index is 11.9. The fraction of sp³-hybridized carbons (Fsp3) is 0.286. The quantitative estimate of drug-likeness (QED) is 0.841. The minimum atomic E-state index is -0.462. The summed E-state index contributed by atoms with van der Waals surface area (Å²) in [4.78, 5) is 15.8. The summed E-state index contributed by atoms with van der Waals surface area (Å²) in [7, 11) is 1.62. The maximum atomic E-state index is 11.9. The summed E-state index contributed by atoms with van der Waals surface area (Å²) in [6, 6.07) is 7.56. The highest BCUT2D eigenvalue weighted by atomic mass is 16.5. The maximum Gasteiger partial charge on any atom is 0.358 e. The molecule has 0 bridgehead atoms. The number of benzene rings is 1. The van der Waals surface area contributed by atoms with Crippen LogP contribution in [0.3, 0.4) is 0 Å². The molecule has 1 heterocycles. The first-order valence-electron chi connectivity index (χ1n) is 6.26. The van der Waals surface area contributed by atoms with E-state index in [4.69, 9.17) is 15.2 Å². The molecule has 0 radical (unpaired) electrons. The molecule has 1 aromatic carbocycles. The van der Waals surface area contributed by atoms with Crippen molar-refractivity contribution in [1.29, 1.82) is 0 Å². The van der Waals surface area contributed by atoms with Gasteiger partial charge in [0.05, 0.1) is 20.0 Å². The lowest BCUT2D eigenvalue weighted by atomic mass is 10.2. The van der Waals surface area contributed by atoms with Crippen LogP contribution in [0.2, 0.25) is 0 Å². The van der Waals surface area contributed by atoms with Crippen molar-refractivity contribution in [3.63, 3.8) is 0 Å². The third kappa shape index (κ3) is 2.90. The van der Waals surface area contributed by atoms with Crippen molar-refractivity contribution in [2.75, 3.05) is 19.5 Å². The molecule has 2 aromatic rings. The van der Waals surface area contributed by atoms with E-state index in [1.165, 1.54) is 6.33 Å². The Morgan fingerprint density at radius 2 is 2.10 bits per heavy atom. The molecule has 0 atom stereocenters. The van der Waals surface area contributed by atoms with Gasteiger partial charge in [-0.15, -0.1) is 0 Å². The van der Waals surface area contributed by atoms with Gasteiger partial charge in [-0.25, -0.2) is 9.78 Å². The molecule has 6 heteroatoms. The molecule has 0 unspecified atom stereocenters. The van der Waals surface area contributed by atoms with E-state index in [0.717, 1.165) is 11.3 Å². The van der Waals surface area contributed by atoms with Crippen molar-refractivity contribution < 1.29 is 14.3 Å². The zero-order valence-electron chi connectivity index (χ0n) is 11.5. The first-order valence-corrected chi connectivity index (χ1v) is 6.26. The van der Waals surface area contributed by atoms with E-state index in [1.54, 1.807) is 18.6 Å². The molecule has 0 saturated carbocycles. The second-order valence-corrected chi connectivity index (χ2v) is 4.17. The van der Waals surface area contributed by atoms with Gasteiger partial charge in [-0.1, -0.05) is 12.1 Å². The molecule has 0 aliphatic heterocycles. The van der Waals surface area contributed by atoms with E-state index in [-0.39, 0.29) is 11.5 Å². The Bertz CT molecular complexity index is 590.